The van der Waals surface area contributed by atoms with Crippen LogP contribution in [0.3, 0.4) is 0 Å². The van der Waals surface area contributed by atoms with Crippen LogP contribution < -0.4 is 0 Å². The van der Waals surface area contributed by atoms with Gasteiger partial charge < -0.3 is 9.97 Å². The lowest BCUT2D eigenvalue weighted by Gasteiger charge is -2.09. The standard InChI is InChI=1S/C44H26N8/c1-3-13-25(14-4-1)27-23-24-28(26-15-5-2-6-16-26)36-35(27)43-50-41-33-21-11-9-19-31(33)39(48-41)46-37-29-17-7-8-18-30(29)38(45-37)47-40-32-20-10-12-22-34(32)42(49-40)51-44(36)52-43/h1-24H,(H2,45,46,47,48,49,50,51,52). The van der Waals surface area contributed by atoms with Gasteiger partial charge in [0.15, 0.2) is 23.3 Å². The average Bonchev–Trinajstić information content (AvgIpc) is 3.94. The molecule has 0 radical (unpaired) electrons. The molecule has 5 heterocycles. The maximum Gasteiger partial charge on any atom is 0.164 e. The van der Waals surface area contributed by atoms with Gasteiger partial charge in [-0.3, -0.25) is 0 Å². The Balaban J connectivity index is 1.37. The van der Waals surface area contributed by atoms with Crippen LogP contribution in [0.15, 0.2) is 146 Å². The van der Waals surface area contributed by atoms with Gasteiger partial charge in [0.1, 0.15) is 22.6 Å². The van der Waals surface area contributed by atoms with Crippen LogP contribution in [0.4, 0.5) is 0 Å². The van der Waals surface area contributed by atoms with Crippen LogP contribution in [0.1, 0.15) is 0 Å². The molecule has 0 saturated carbocycles. The van der Waals surface area contributed by atoms with Gasteiger partial charge in [-0.25, -0.2) is 29.9 Å². The molecule has 0 atom stereocenters. The lowest BCUT2D eigenvalue weighted by atomic mass is 9.94. The molecule has 0 fully saturated rings. The number of nitrogens with zero attached hydrogens (tertiary/aromatic N) is 6. The fraction of sp³-hybridized carbons (Fsp3) is 0. The van der Waals surface area contributed by atoms with E-state index in [1.165, 1.54) is 0 Å². The van der Waals surface area contributed by atoms with Gasteiger partial charge in [0.05, 0.1) is 0 Å². The van der Waals surface area contributed by atoms with E-state index in [2.05, 4.69) is 70.6 Å². The number of hydrogen-bond acceptors (Lipinski definition) is 6. The van der Waals surface area contributed by atoms with Gasteiger partial charge in [0.2, 0.25) is 0 Å². The largest absolute Gasteiger partial charge is 0.324 e. The minimum atomic E-state index is 0.570. The number of aromatic amines is 2. The zero-order valence-corrected chi connectivity index (χ0v) is 27.5. The van der Waals surface area contributed by atoms with Gasteiger partial charge in [0.25, 0.3) is 0 Å². The molecule has 0 spiro atoms. The molecule has 9 aromatic rings. The number of H-pyrrole nitrogens is 2. The van der Waals surface area contributed by atoms with Crippen molar-refractivity contribution in [1.29, 1.82) is 0 Å². The van der Waals surface area contributed by atoms with Gasteiger partial charge in [-0.05, 0) is 22.3 Å². The summed E-state index contributed by atoms with van der Waals surface area (Å²) in [4.78, 5) is 38.3. The zero-order chi connectivity index (χ0) is 34.2. The molecule has 2 N–H and O–H groups in total. The summed E-state index contributed by atoms with van der Waals surface area (Å²) in [7, 11) is 0. The molecule has 242 valence electrons. The summed E-state index contributed by atoms with van der Waals surface area (Å²) in [5.41, 5.74) is 10.5. The highest BCUT2D eigenvalue weighted by Gasteiger charge is 2.23. The van der Waals surface area contributed by atoms with Crippen molar-refractivity contribution in [3.05, 3.63) is 146 Å². The topological polar surface area (TPSA) is 109 Å². The van der Waals surface area contributed by atoms with Crippen molar-refractivity contribution in [2.45, 2.75) is 0 Å². The molecule has 8 heteroatoms. The van der Waals surface area contributed by atoms with Gasteiger partial charge in [-0.2, -0.15) is 0 Å². The van der Waals surface area contributed by atoms with E-state index >= 15 is 0 Å². The van der Waals surface area contributed by atoms with Gasteiger partial charge in [0, 0.05) is 43.8 Å². The molecule has 6 aromatic carbocycles. The molecule has 0 amide bonds. The van der Waals surface area contributed by atoms with Crippen LogP contribution >= 0.6 is 0 Å². The Bertz CT molecular complexity index is 2870. The van der Waals surface area contributed by atoms with Crippen molar-refractivity contribution in [2.75, 3.05) is 0 Å². The number of fused-ring (bicyclic) bond motifs is 20. The van der Waals surface area contributed by atoms with Crippen LogP contribution in [-0.4, -0.2) is 39.9 Å². The molecule has 52 heavy (non-hydrogen) atoms. The summed E-state index contributed by atoms with van der Waals surface area (Å²) in [5.74, 6) is 2.29. The first-order chi connectivity index (χ1) is 25.8. The van der Waals surface area contributed by atoms with Gasteiger partial charge in [-0.1, -0.05) is 146 Å². The van der Waals surface area contributed by atoms with E-state index in [9.17, 15) is 0 Å². The Morgan fingerprint density at radius 2 is 0.596 bits per heavy atom. The molecule has 0 unspecified atom stereocenters. The minimum absolute atomic E-state index is 0.570. The summed E-state index contributed by atoms with van der Waals surface area (Å²) in [6.45, 7) is 0. The van der Waals surface area contributed by atoms with Crippen LogP contribution in [0, 0.1) is 0 Å². The lowest BCUT2D eigenvalue weighted by molar-refractivity contribution is 1.19. The Morgan fingerprint density at radius 3 is 1.00 bits per heavy atom. The number of benzene rings is 6. The highest BCUT2D eigenvalue weighted by Crippen LogP contribution is 2.42. The molecule has 8 bridgehead atoms. The number of nitrogens with one attached hydrogen (secondary N) is 2. The second kappa shape index (κ2) is 11.1. The van der Waals surface area contributed by atoms with Crippen molar-refractivity contribution >= 4 is 44.1 Å². The number of aromatic nitrogens is 8. The average molecular weight is 667 g/mol. The SMILES string of the molecule is c1ccc(-c2ccc(-c3ccccc3)c3c4nc5nc(nc6[nH]c(nc7nc(nc([nH]4)c23)-c2ccccc2-7)c2ccccc62)-c2ccccc2-5)cc1. The Morgan fingerprint density at radius 1 is 0.269 bits per heavy atom. The Kier molecular flexibility index (Phi) is 6.08. The highest BCUT2D eigenvalue weighted by molar-refractivity contribution is 6.18. The van der Waals surface area contributed by atoms with Crippen LogP contribution in [0.5, 0.6) is 0 Å². The van der Waals surface area contributed by atoms with Crippen molar-refractivity contribution in [3.63, 3.8) is 0 Å². The Labute approximate surface area is 296 Å². The fourth-order valence-electron chi connectivity index (χ4n) is 7.49. The molecular weight excluding hydrogens is 641 g/mol. The third-order valence-electron chi connectivity index (χ3n) is 9.87. The second-order valence-electron chi connectivity index (χ2n) is 12.9. The predicted molar refractivity (Wildman–Crippen MR) is 207 cm³/mol. The van der Waals surface area contributed by atoms with Crippen molar-refractivity contribution in [2.24, 2.45) is 0 Å². The van der Waals surface area contributed by atoms with Crippen molar-refractivity contribution in [1.82, 2.24) is 39.9 Å². The first-order valence-corrected chi connectivity index (χ1v) is 17.1. The molecular formula is C44H26N8. The number of rotatable bonds is 2. The maximum absolute atomic E-state index is 5.34. The van der Waals surface area contributed by atoms with Gasteiger partial charge in [-0.15, -0.1) is 0 Å². The van der Waals surface area contributed by atoms with E-state index in [4.69, 9.17) is 29.9 Å². The first kappa shape index (κ1) is 28.5. The molecule has 0 aliphatic carbocycles. The third kappa shape index (κ3) is 4.34. The summed E-state index contributed by atoms with van der Waals surface area (Å²) in [6.07, 6.45) is 0. The molecule has 11 rings (SSSR count). The van der Waals surface area contributed by atoms with E-state index in [-0.39, 0.29) is 0 Å². The Hall–Kier alpha value is -7.32. The van der Waals surface area contributed by atoms with E-state index < -0.39 is 0 Å². The normalized spacial score (nSPS) is 11.8. The van der Waals surface area contributed by atoms with E-state index in [1.54, 1.807) is 0 Å². The molecule has 2 aliphatic heterocycles. The zero-order valence-electron chi connectivity index (χ0n) is 27.5. The van der Waals surface area contributed by atoms with E-state index in [0.29, 0.717) is 45.9 Å². The van der Waals surface area contributed by atoms with E-state index in [0.717, 1.165) is 66.1 Å². The summed E-state index contributed by atoms with van der Waals surface area (Å²) >= 11 is 0. The minimum Gasteiger partial charge on any atom is -0.324 e. The predicted octanol–water partition coefficient (Wildman–Crippen LogP) is 10.2. The lowest BCUT2D eigenvalue weighted by Crippen LogP contribution is -1.86. The smallest absolute Gasteiger partial charge is 0.164 e. The summed E-state index contributed by atoms with van der Waals surface area (Å²) < 4.78 is 0. The molecule has 2 aliphatic rings. The van der Waals surface area contributed by atoms with Crippen molar-refractivity contribution < 1.29 is 0 Å². The van der Waals surface area contributed by atoms with Crippen LogP contribution in [0.25, 0.3) is 112 Å². The quantitative estimate of drug-likeness (QED) is 0.190. The first-order valence-electron chi connectivity index (χ1n) is 17.1. The van der Waals surface area contributed by atoms with Gasteiger partial charge >= 0.3 is 0 Å². The molecule has 3 aromatic heterocycles. The summed E-state index contributed by atoms with van der Waals surface area (Å²) in [6, 6.07) is 49.5. The monoisotopic (exact) mass is 666 g/mol. The van der Waals surface area contributed by atoms with Crippen molar-refractivity contribution in [3.8, 4) is 67.8 Å². The third-order valence-corrected chi connectivity index (χ3v) is 9.87. The van der Waals surface area contributed by atoms with E-state index in [1.807, 2.05) is 84.9 Å². The molecule has 0 saturated heterocycles. The number of hydrogen-bond donors (Lipinski definition) is 2. The molecule has 8 nitrogen and oxygen atoms in total. The van der Waals surface area contributed by atoms with Crippen LogP contribution in [0.2, 0.25) is 0 Å². The maximum atomic E-state index is 5.34. The summed E-state index contributed by atoms with van der Waals surface area (Å²) in [5, 5.41) is 3.78. The van der Waals surface area contributed by atoms with Crippen LogP contribution in [-0.2, 0) is 0 Å². The fourth-order valence-corrected chi connectivity index (χ4v) is 7.49. The highest BCUT2D eigenvalue weighted by atomic mass is 15.1. The second-order valence-corrected chi connectivity index (χ2v) is 12.9.